The molecule has 2 aromatic rings. The van der Waals surface area contributed by atoms with Crippen molar-refractivity contribution in [3.8, 4) is 11.4 Å². The van der Waals surface area contributed by atoms with Crippen LogP contribution in [0.25, 0.3) is 11.4 Å². The molecule has 1 aromatic carbocycles. The number of benzene rings is 1. The lowest BCUT2D eigenvalue weighted by atomic mass is 9.97. The van der Waals surface area contributed by atoms with E-state index in [1.54, 1.807) is 0 Å². The van der Waals surface area contributed by atoms with E-state index in [1.165, 1.54) is 36.9 Å². The molecule has 0 spiro atoms. The molecule has 1 aliphatic heterocycles. The fourth-order valence-corrected chi connectivity index (χ4v) is 2.82. The van der Waals surface area contributed by atoms with Crippen LogP contribution in [0, 0.1) is 0 Å². The van der Waals surface area contributed by atoms with Crippen molar-refractivity contribution in [1.82, 2.24) is 14.9 Å². The first-order chi connectivity index (χ1) is 9.33. The van der Waals surface area contributed by atoms with Gasteiger partial charge in [-0.05, 0) is 31.4 Å². The largest absolute Gasteiger partial charge is 0.334 e. The molecule has 2 heterocycles. The van der Waals surface area contributed by atoms with Gasteiger partial charge < -0.3 is 9.88 Å². The Kier molecular flexibility index (Phi) is 3.65. The maximum absolute atomic E-state index is 4.38. The molecule has 0 saturated carbocycles. The number of imidazole rings is 1. The molecular formula is C16H21N3. The summed E-state index contributed by atoms with van der Waals surface area (Å²) in [5.41, 5.74) is 2.60. The summed E-state index contributed by atoms with van der Waals surface area (Å²) in [5, 5.41) is 3.60. The predicted octanol–water partition coefficient (Wildman–Crippen LogP) is 2.77. The van der Waals surface area contributed by atoms with Gasteiger partial charge in [0, 0.05) is 31.0 Å². The van der Waals surface area contributed by atoms with E-state index in [-0.39, 0.29) is 0 Å². The highest BCUT2D eigenvalue weighted by molar-refractivity contribution is 5.55. The summed E-state index contributed by atoms with van der Waals surface area (Å²) >= 11 is 0. The maximum atomic E-state index is 4.38. The quantitative estimate of drug-likeness (QED) is 0.914. The first-order valence-electron chi connectivity index (χ1n) is 7.13. The molecular weight excluding hydrogens is 234 g/mol. The number of nitrogens with one attached hydrogen (secondary N) is 1. The average Bonchev–Trinajstić information content (AvgIpc) is 2.87. The molecule has 0 bridgehead atoms. The summed E-state index contributed by atoms with van der Waals surface area (Å²) in [4.78, 5) is 4.38. The number of aromatic nitrogens is 2. The van der Waals surface area contributed by atoms with Gasteiger partial charge in [-0.3, -0.25) is 0 Å². The van der Waals surface area contributed by atoms with Crippen molar-refractivity contribution in [2.75, 3.05) is 6.54 Å². The van der Waals surface area contributed by atoms with Crippen LogP contribution < -0.4 is 5.32 Å². The van der Waals surface area contributed by atoms with Crippen LogP contribution in [0.1, 0.15) is 24.8 Å². The van der Waals surface area contributed by atoms with Crippen LogP contribution in [0.2, 0.25) is 0 Å². The molecule has 3 heteroatoms. The molecule has 1 N–H and O–H groups in total. The number of aryl methyl sites for hydroxylation is 1. The molecule has 0 aliphatic carbocycles. The van der Waals surface area contributed by atoms with Gasteiger partial charge in [0.05, 0.1) is 0 Å². The van der Waals surface area contributed by atoms with E-state index in [4.69, 9.17) is 0 Å². The molecule has 0 amide bonds. The summed E-state index contributed by atoms with van der Waals surface area (Å²) in [7, 11) is 2.03. The maximum Gasteiger partial charge on any atom is 0.139 e. The standard InChI is InChI=1S/C16H21N3/c1-19-11-10-18-16(19)14-7-5-13(6-8-14)12-15-4-2-3-9-17-15/h5-8,10-11,15,17H,2-4,9,12H2,1H3. The zero-order valence-electron chi connectivity index (χ0n) is 11.5. The van der Waals surface area contributed by atoms with Crippen molar-refractivity contribution < 1.29 is 0 Å². The second-order valence-corrected chi connectivity index (χ2v) is 5.41. The lowest BCUT2D eigenvalue weighted by molar-refractivity contribution is 0.399. The summed E-state index contributed by atoms with van der Waals surface area (Å²) in [6.45, 7) is 1.18. The fraction of sp³-hybridized carbons (Fsp3) is 0.438. The zero-order chi connectivity index (χ0) is 13.1. The summed E-state index contributed by atoms with van der Waals surface area (Å²) < 4.78 is 2.05. The lowest BCUT2D eigenvalue weighted by Crippen LogP contribution is -2.35. The Morgan fingerprint density at radius 3 is 2.74 bits per heavy atom. The third kappa shape index (κ3) is 2.87. The van der Waals surface area contributed by atoms with Crippen LogP contribution in [0.4, 0.5) is 0 Å². The monoisotopic (exact) mass is 255 g/mol. The highest BCUT2D eigenvalue weighted by Crippen LogP contribution is 2.19. The Balaban J connectivity index is 1.70. The number of rotatable bonds is 3. The predicted molar refractivity (Wildman–Crippen MR) is 78.0 cm³/mol. The zero-order valence-corrected chi connectivity index (χ0v) is 11.5. The molecule has 100 valence electrons. The Bertz CT molecular complexity index is 521. The molecule has 1 saturated heterocycles. The number of piperidine rings is 1. The number of hydrogen-bond acceptors (Lipinski definition) is 2. The van der Waals surface area contributed by atoms with Gasteiger partial charge in [-0.1, -0.05) is 30.7 Å². The van der Waals surface area contributed by atoms with Crippen molar-refractivity contribution in [1.29, 1.82) is 0 Å². The van der Waals surface area contributed by atoms with E-state index < -0.39 is 0 Å². The highest BCUT2D eigenvalue weighted by atomic mass is 15.0. The SMILES string of the molecule is Cn1ccnc1-c1ccc(CC2CCCCN2)cc1. The molecule has 1 aliphatic rings. The Hall–Kier alpha value is -1.61. The molecule has 1 fully saturated rings. The van der Waals surface area contributed by atoms with Gasteiger partial charge >= 0.3 is 0 Å². The second-order valence-electron chi connectivity index (χ2n) is 5.41. The van der Waals surface area contributed by atoms with Crippen molar-refractivity contribution in [3.63, 3.8) is 0 Å². The Labute approximate surface area is 114 Å². The summed E-state index contributed by atoms with van der Waals surface area (Å²) in [6, 6.07) is 9.49. The molecule has 0 radical (unpaired) electrons. The van der Waals surface area contributed by atoms with Gasteiger partial charge in [-0.25, -0.2) is 4.98 Å². The molecule has 1 atom stereocenters. The molecule has 3 rings (SSSR count). The number of nitrogens with zero attached hydrogens (tertiary/aromatic N) is 2. The molecule has 1 aromatic heterocycles. The van der Waals surface area contributed by atoms with Crippen LogP contribution in [-0.2, 0) is 13.5 Å². The minimum absolute atomic E-state index is 0.660. The fourth-order valence-electron chi connectivity index (χ4n) is 2.82. The molecule has 1 unspecified atom stereocenters. The van der Waals surface area contributed by atoms with Crippen LogP contribution in [0.5, 0.6) is 0 Å². The van der Waals surface area contributed by atoms with Gasteiger partial charge in [-0.2, -0.15) is 0 Å². The summed E-state index contributed by atoms with van der Waals surface area (Å²) in [6.07, 6.45) is 8.96. The smallest absolute Gasteiger partial charge is 0.139 e. The third-order valence-electron chi connectivity index (χ3n) is 3.93. The van der Waals surface area contributed by atoms with Crippen molar-refractivity contribution in [2.24, 2.45) is 7.05 Å². The van der Waals surface area contributed by atoms with E-state index in [1.807, 2.05) is 19.4 Å². The minimum atomic E-state index is 0.660. The second kappa shape index (κ2) is 5.57. The van der Waals surface area contributed by atoms with E-state index in [9.17, 15) is 0 Å². The third-order valence-corrected chi connectivity index (χ3v) is 3.93. The number of hydrogen-bond donors (Lipinski definition) is 1. The van der Waals surface area contributed by atoms with Gasteiger partial charge in [0.15, 0.2) is 0 Å². The molecule has 3 nitrogen and oxygen atoms in total. The van der Waals surface area contributed by atoms with Crippen LogP contribution >= 0.6 is 0 Å². The lowest BCUT2D eigenvalue weighted by Gasteiger charge is -2.23. The minimum Gasteiger partial charge on any atom is -0.334 e. The van der Waals surface area contributed by atoms with Crippen molar-refractivity contribution in [2.45, 2.75) is 31.7 Å². The molecule has 19 heavy (non-hydrogen) atoms. The first kappa shape index (κ1) is 12.4. The van der Waals surface area contributed by atoms with E-state index >= 15 is 0 Å². The van der Waals surface area contributed by atoms with Crippen molar-refractivity contribution >= 4 is 0 Å². The Morgan fingerprint density at radius 1 is 1.26 bits per heavy atom. The van der Waals surface area contributed by atoms with Crippen LogP contribution in [-0.4, -0.2) is 22.1 Å². The van der Waals surface area contributed by atoms with Gasteiger partial charge in [0.2, 0.25) is 0 Å². The van der Waals surface area contributed by atoms with Gasteiger partial charge in [-0.15, -0.1) is 0 Å². The first-order valence-corrected chi connectivity index (χ1v) is 7.13. The van der Waals surface area contributed by atoms with E-state index in [0.717, 1.165) is 12.2 Å². The summed E-state index contributed by atoms with van der Waals surface area (Å²) in [5.74, 6) is 1.03. The van der Waals surface area contributed by atoms with Crippen molar-refractivity contribution in [3.05, 3.63) is 42.2 Å². The highest BCUT2D eigenvalue weighted by Gasteiger charge is 2.13. The van der Waals surface area contributed by atoms with Gasteiger partial charge in [0.25, 0.3) is 0 Å². The Morgan fingerprint density at radius 2 is 2.11 bits per heavy atom. The van der Waals surface area contributed by atoms with Crippen LogP contribution in [0.3, 0.4) is 0 Å². The van der Waals surface area contributed by atoms with E-state index in [2.05, 4.69) is 39.1 Å². The van der Waals surface area contributed by atoms with Crippen LogP contribution in [0.15, 0.2) is 36.7 Å². The van der Waals surface area contributed by atoms with Gasteiger partial charge in [0.1, 0.15) is 5.82 Å². The normalized spacial score (nSPS) is 19.5. The van der Waals surface area contributed by atoms with E-state index in [0.29, 0.717) is 6.04 Å². The topological polar surface area (TPSA) is 29.9 Å². The average molecular weight is 255 g/mol.